The summed E-state index contributed by atoms with van der Waals surface area (Å²) in [4.78, 5) is 6.88. The molecule has 1 aliphatic heterocycles. The first-order valence-electron chi connectivity index (χ1n) is 10.00. The zero-order valence-corrected chi connectivity index (χ0v) is 18.3. The average molecular weight is 411 g/mol. The molecule has 1 aromatic carbocycles. The zero-order valence-electron chi connectivity index (χ0n) is 17.5. The molecule has 0 atom stereocenters. The summed E-state index contributed by atoms with van der Waals surface area (Å²) in [6, 6.07) is 8.32. The minimum Gasteiger partial charge on any atom is -0.378 e. The number of aryl methyl sites for hydroxylation is 1. The third-order valence-corrected chi connectivity index (χ3v) is 6.39. The Bertz CT molecular complexity index is 742. The molecule has 1 aromatic rings. The highest BCUT2D eigenvalue weighted by atomic mass is 32.2. The van der Waals surface area contributed by atoms with Gasteiger partial charge >= 0.3 is 0 Å². The highest BCUT2D eigenvalue weighted by molar-refractivity contribution is 7.89. The molecule has 1 fully saturated rings. The fourth-order valence-corrected chi connectivity index (χ4v) is 4.38. The Kier molecular flexibility index (Phi) is 8.72. The van der Waals surface area contributed by atoms with Crippen molar-refractivity contribution in [1.82, 2.24) is 14.5 Å². The largest absolute Gasteiger partial charge is 0.378 e. The molecule has 1 N–H and O–H groups in total. The number of hydrogen-bond acceptors (Lipinski definition) is 4. The lowest BCUT2D eigenvalue weighted by atomic mass is 10.1. The van der Waals surface area contributed by atoms with E-state index in [1.165, 1.54) is 11.1 Å². The van der Waals surface area contributed by atoms with E-state index in [1.807, 2.05) is 26.8 Å². The van der Waals surface area contributed by atoms with Crippen molar-refractivity contribution in [3.05, 3.63) is 35.4 Å². The molecule has 0 saturated carbocycles. The van der Waals surface area contributed by atoms with Crippen molar-refractivity contribution in [3.8, 4) is 0 Å². The Hall–Kier alpha value is -1.64. The van der Waals surface area contributed by atoms with Gasteiger partial charge in [0.1, 0.15) is 0 Å². The topological polar surface area (TPSA) is 74.2 Å². The predicted octanol–water partition coefficient (Wildman–Crippen LogP) is 1.83. The van der Waals surface area contributed by atoms with Crippen LogP contribution >= 0.6 is 0 Å². The molecular weight excluding hydrogens is 376 g/mol. The Labute approximate surface area is 169 Å². The van der Waals surface area contributed by atoms with Crippen molar-refractivity contribution in [2.24, 2.45) is 4.99 Å². The quantitative estimate of drug-likeness (QED) is 0.523. The molecule has 7 nitrogen and oxygen atoms in total. The first-order valence-corrected chi connectivity index (χ1v) is 11.6. The van der Waals surface area contributed by atoms with Gasteiger partial charge in [0.2, 0.25) is 10.0 Å². The van der Waals surface area contributed by atoms with Crippen LogP contribution in [0.5, 0.6) is 0 Å². The van der Waals surface area contributed by atoms with Crippen LogP contribution in [0.25, 0.3) is 0 Å². The number of guanidine groups is 1. The van der Waals surface area contributed by atoms with Gasteiger partial charge in [0.25, 0.3) is 0 Å². The lowest BCUT2D eigenvalue weighted by Gasteiger charge is -2.36. The fourth-order valence-electron chi connectivity index (χ4n) is 3.10. The van der Waals surface area contributed by atoms with Gasteiger partial charge in [-0.3, -0.25) is 0 Å². The van der Waals surface area contributed by atoms with Gasteiger partial charge in [-0.1, -0.05) is 29.8 Å². The van der Waals surface area contributed by atoms with Crippen LogP contribution in [-0.2, 0) is 21.3 Å². The fraction of sp³-hybridized carbons (Fsp3) is 0.650. The molecule has 0 aliphatic carbocycles. The van der Waals surface area contributed by atoms with Crippen LogP contribution in [0.15, 0.2) is 29.3 Å². The van der Waals surface area contributed by atoms with E-state index in [4.69, 9.17) is 9.73 Å². The molecule has 0 spiro atoms. The number of sulfonamides is 1. The van der Waals surface area contributed by atoms with Crippen molar-refractivity contribution in [2.45, 2.75) is 40.3 Å². The summed E-state index contributed by atoms with van der Waals surface area (Å²) in [7, 11) is -3.28. The monoisotopic (exact) mass is 410 g/mol. The minimum absolute atomic E-state index is 0.0344. The van der Waals surface area contributed by atoms with Gasteiger partial charge in [0, 0.05) is 32.7 Å². The van der Waals surface area contributed by atoms with Gasteiger partial charge in [0.05, 0.1) is 25.0 Å². The van der Waals surface area contributed by atoms with E-state index in [9.17, 15) is 8.42 Å². The number of ether oxygens (including phenoxy) is 1. The number of nitrogens with one attached hydrogen (secondary N) is 1. The molecule has 28 heavy (non-hydrogen) atoms. The first kappa shape index (κ1) is 22.6. The van der Waals surface area contributed by atoms with Crippen molar-refractivity contribution in [2.75, 3.05) is 45.1 Å². The minimum atomic E-state index is -3.28. The zero-order chi connectivity index (χ0) is 20.6. The van der Waals surface area contributed by atoms with E-state index in [-0.39, 0.29) is 18.5 Å². The van der Waals surface area contributed by atoms with E-state index in [1.54, 1.807) is 4.31 Å². The second-order valence-electron chi connectivity index (χ2n) is 7.28. The van der Waals surface area contributed by atoms with Crippen LogP contribution in [0.2, 0.25) is 0 Å². The van der Waals surface area contributed by atoms with Gasteiger partial charge in [-0.25, -0.2) is 13.4 Å². The van der Waals surface area contributed by atoms with Gasteiger partial charge in [-0.2, -0.15) is 4.31 Å². The van der Waals surface area contributed by atoms with Crippen LogP contribution in [0.4, 0.5) is 0 Å². The van der Waals surface area contributed by atoms with E-state index in [0.717, 1.165) is 12.5 Å². The molecule has 2 rings (SSSR count). The molecule has 1 aliphatic rings. The second kappa shape index (κ2) is 10.8. The summed E-state index contributed by atoms with van der Waals surface area (Å²) in [5.41, 5.74) is 2.39. The van der Waals surface area contributed by atoms with Crippen LogP contribution in [0, 0.1) is 6.92 Å². The van der Waals surface area contributed by atoms with Crippen LogP contribution in [0.3, 0.4) is 0 Å². The lowest BCUT2D eigenvalue weighted by Crippen LogP contribution is -2.54. The maximum Gasteiger partial charge on any atom is 0.216 e. The molecule has 1 saturated heterocycles. The summed E-state index contributed by atoms with van der Waals surface area (Å²) >= 11 is 0. The summed E-state index contributed by atoms with van der Waals surface area (Å²) in [5, 5.41) is 3.33. The van der Waals surface area contributed by atoms with Crippen molar-refractivity contribution in [3.63, 3.8) is 0 Å². The normalized spacial score (nSPS) is 16.6. The van der Waals surface area contributed by atoms with E-state index in [2.05, 4.69) is 35.3 Å². The number of rotatable bonds is 8. The number of aliphatic imine (C=N–C) groups is 1. The molecule has 0 unspecified atom stereocenters. The summed E-state index contributed by atoms with van der Waals surface area (Å²) < 4.78 is 32.0. The third kappa shape index (κ3) is 7.07. The Balaban J connectivity index is 1.93. The molecule has 0 amide bonds. The van der Waals surface area contributed by atoms with Gasteiger partial charge in [-0.05, 0) is 33.3 Å². The summed E-state index contributed by atoms with van der Waals surface area (Å²) in [5.74, 6) is 0.872. The Morgan fingerprint density at radius 1 is 1.25 bits per heavy atom. The highest BCUT2D eigenvalue weighted by Crippen LogP contribution is 2.10. The first-order chi connectivity index (χ1) is 13.3. The number of benzene rings is 1. The maximum absolute atomic E-state index is 12.5. The van der Waals surface area contributed by atoms with Crippen molar-refractivity contribution < 1.29 is 13.2 Å². The number of hydrogen-bond donors (Lipinski definition) is 1. The maximum atomic E-state index is 12.5. The molecule has 1 heterocycles. The lowest BCUT2D eigenvalue weighted by molar-refractivity contribution is 0.0904. The Morgan fingerprint density at radius 3 is 2.57 bits per heavy atom. The highest BCUT2D eigenvalue weighted by Gasteiger charge is 2.28. The standard InChI is InChI=1S/C20H34N4O3S/c1-5-21-20(22-16-19-8-6-7-18(4)15-19)23-9-11-24(12-10-23)28(25,26)14-13-27-17(2)3/h6-8,15,17H,5,9-14,16H2,1-4H3,(H,21,22). The van der Waals surface area contributed by atoms with Gasteiger partial charge in [-0.15, -0.1) is 0 Å². The van der Waals surface area contributed by atoms with Crippen LogP contribution in [0.1, 0.15) is 31.9 Å². The Morgan fingerprint density at radius 2 is 1.96 bits per heavy atom. The van der Waals surface area contributed by atoms with Crippen LogP contribution < -0.4 is 5.32 Å². The molecule has 0 aromatic heterocycles. The smallest absolute Gasteiger partial charge is 0.216 e. The molecule has 0 radical (unpaired) electrons. The second-order valence-corrected chi connectivity index (χ2v) is 9.37. The van der Waals surface area contributed by atoms with Crippen molar-refractivity contribution in [1.29, 1.82) is 0 Å². The molecule has 8 heteroatoms. The molecule has 158 valence electrons. The molecule has 0 bridgehead atoms. The van der Waals surface area contributed by atoms with E-state index < -0.39 is 10.0 Å². The number of nitrogens with zero attached hydrogens (tertiary/aromatic N) is 3. The van der Waals surface area contributed by atoms with Gasteiger partial charge < -0.3 is 15.0 Å². The SMILES string of the molecule is CCNC(=NCc1cccc(C)c1)N1CCN(S(=O)(=O)CCOC(C)C)CC1. The van der Waals surface area contributed by atoms with E-state index >= 15 is 0 Å². The van der Waals surface area contributed by atoms with Crippen LogP contribution in [-0.4, -0.2) is 74.8 Å². The number of piperazine rings is 1. The van der Waals surface area contributed by atoms with Gasteiger partial charge in [0.15, 0.2) is 5.96 Å². The third-order valence-electron chi connectivity index (χ3n) is 4.55. The summed E-state index contributed by atoms with van der Waals surface area (Å²) in [6.07, 6.45) is 0.0411. The van der Waals surface area contributed by atoms with E-state index in [0.29, 0.717) is 32.7 Å². The predicted molar refractivity (Wildman–Crippen MR) is 114 cm³/mol. The average Bonchev–Trinajstić information content (AvgIpc) is 2.65. The summed E-state index contributed by atoms with van der Waals surface area (Å²) in [6.45, 7) is 11.7. The van der Waals surface area contributed by atoms with Crippen molar-refractivity contribution >= 4 is 16.0 Å². The molecular formula is C20H34N4O3S.